The Bertz CT molecular complexity index is 549. The smallest absolute Gasteiger partial charge is 0.251 e. The van der Waals surface area contributed by atoms with Crippen LogP contribution in [0.5, 0.6) is 0 Å². The second-order valence-corrected chi connectivity index (χ2v) is 8.30. The van der Waals surface area contributed by atoms with Gasteiger partial charge in [0.25, 0.3) is 5.91 Å². The van der Waals surface area contributed by atoms with Gasteiger partial charge in [0.15, 0.2) is 0 Å². The molecule has 2 saturated heterocycles. The number of carbonyl (C=O) groups is 1. The SMILES string of the molecule is CN(C)c1cccc(C(=O)NCC2CCN([C@@H]3CCSC3)CC2)c1. The molecule has 1 atom stereocenters. The zero-order chi connectivity index (χ0) is 16.9. The van der Waals surface area contributed by atoms with Gasteiger partial charge in [-0.15, -0.1) is 0 Å². The minimum atomic E-state index is 0.0494. The number of benzene rings is 1. The second-order valence-electron chi connectivity index (χ2n) is 7.15. The number of hydrogen-bond donors (Lipinski definition) is 1. The van der Waals surface area contributed by atoms with Crippen LogP contribution in [0.1, 0.15) is 29.6 Å². The van der Waals surface area contributed by atoms with Gasteiger partial charge in [-0.1, -0.05) is 6.07 Å². The molecule has 1 aromatic rings. The number of rotatable bonds is 5. The zero-order valence-corrected chi connectivity index (χ0v) is 15.6. The van der Waals surface area contributed by atoms with Crippen LogP contribution in [-0.2, 0) is 0 Å². The summed E-state index contributed by atoms with van der Waals surface area (Å²) in [6.45, 7) is 3.20. The van der Waals surface area contributed by atoms with Crippen LogP contribution in [0.4, 0.5) is 5.69 Å². The van der Waals surface area contributed by atoms with E-state index in [9.17, 15) is 4.79 Å². The summed E-state index contributed by atoms with van der Waals surface area (Å²) in [5.74, 6) is 3.31. The lowest BCUT2D eigenvalue weighted by Crippen LogP contribution is -2.43. The van der Waals surface area contributed by atoms with Crippen molar-refractivity contribution in [3.63, 3.8) is 0 Å². The molecule has 2 fully saturated rings. The number of anilines is 1. The number of thioether (sulfide) groups is 1. The number of likely N-dealkylation sites (tertiary alicyclic amines) is 1. The maximum Gasteiger partial charge on any atom is 0.251 e. The summed E-state index contributed by atoms with van der Waals surface area (Å²) < 4.78 is 0. The van der Waals surface area contributed by atoms with Crippen molar-refractivity contribution in [2.24, 2.45) is 5.92 Å². The number of hydrogen-bond acceptors (Lipinski definition) is 4. The highest BCUT2D eigenvalue weighted by Gasteiger charge is 2.27. The Morgan fingerprint density at radius 2 is 2.08 bits per heavy atom. The van der Waals surface area contributed by atoms with Gasteiger partial charge < -0.3 is 10.2 Å². The average Bonchev–Trinajstić information content (AvgIpc) is 3.15. The van der Waals surface area contributed by atoms with E-state index >= 15 is 0 Å². The molecule has 2 heterocycles. The van der Waals surface area contributed by atoms with Crippen molar-refractivity contribution in [2.75, 3.05) is 50.1 Å². The quantitative estimate of drug-likeness (QED) is 0.888. The van der Waals surface area contributed by atoms with E-state index in [1.165, 1.54) is 43.9 Å². The molecule has 1 aromatic carbocycles. The fourth-order valence-electron chi connectivity index (χ4n) is 3.60. The molecular formula is C19H29N3OS. The number of piperidine rings is 1. The lowest BCUT2D eigenvalue weighted by molar-refractivity contribution is 0.0928. The molecule has 3 rings (SSSR count). The summed E-state index contributed by atoms with van der Waals surface area (Å²) >= 11 is 2.09. The van der Waals surface area contributed by atoms with Gasteiger partial charge >= 0.3 is 0 Å². The summed E-state index contributed by atoms with van der Waals surface area (Å²) in [7, 11) is 3.99. The molecule has 2 aliphatic heterocycles. The summed E-state index contributed by atoms with van der Waals surface area (Å²) in [6, 6.07) is 8.62. The fourth-order valence-corrected chi connectivity index (χ4v) is 4.85. The molecule has 0 radical (unpaired) electrons. The van der Waals surface area contributed by atoms with Gasteiger partial charge in [0, 0.05) is 43.7 Å². The van der Waals surface area contributed by atoms with E-state index in [0.717, 1.165) is 23.8 Å². The number of nitrogens with zero attached hydrogens (tertiary/aromatic N) is 2. The molecule has 0 unspecified atom stereocenters. The van der Waals surface area contributed by atoms with Crippen LogP contribution in [0.25, 0.3) is 0 Å². The monoisotopic (exact) mass is 347 g/mol. The first-order valence-electron chi connectivity index (χ1n) is 9.01. The van der Waals surface area contributed by atoms with Crippen LogP contribution < -0.4 is 10.2 Å². The summed E-state index contributed by atoms with van der Waals surface area (Å²) in [4.78, 5) is 17.1. The Morgan fingerprint density at radius 3 is 2.75 bits per heavy atom. The summed E-state index contributed by atoms with van der Waals surface area (Å²) in [5.41, 5.74) is 1.81. The van der Waals surface area contributed by atoms with Gasteiger partial charge in [-0.2, -0.15) is 11.8 Å². The van der Waals surface area contributed by atoms with Gasteiger partial charge in [0.1, 0.15) is 0 Å². The van der Waals surface area contributed by atoms with Crippen molar-refractivity contribution in [3.05, 3.63) is 29.8 Å². The van der Waals surface area contributed by atoms with Crippen molar-refractivity contribution >= 4 is 23.4 Å². The predicted molar refractivity (Wildman–Crippen MR) is 103 cm³/mol. The van der Waals surface area contributed by atoms with E-state index in [2.05, 4.69) is 22.0 Å². The molecule has 132 valence electrons. The molecule has 1 N–H and O–H groups in total. The molecule has 4 nitrogen and oxygen atoms in total. The normalized spacial score (nSPS) is 22.5. The van der Waals surface area contributed by atoms with E-state index in [1.54, 1.807) is 0 Å². The van der Waals surface area contributed by atoms with Crippen LogP contribution in [0, 0.1) is 5.92 Å². The van der Waals surface area contributed by atoms with Crippen molar-refractivity contribution < 1.29 is 4.79 Å². The Labute approximate surface area is 150 Å². The van der Waals surface area contributed by atoms with Gasteiger partial charge in [-0.05, 0) is 62.2 Å². The topological polar surface area (TPSA) is 35.6 Å². The van der Waals surface area contributed by atoms with Crippen molar-refractivity contribution in [1.29, 1.82) is 0 Å². The highest BCUT2D eigenvalue weighted by molar-refractivity contribution is 7.99. The van der Waals surface area contributed by atoms with Crippen molar-refractivity contribution in [2.45, 2.75) is 25.3 Å². The Morgan fingerprint density at radius 1 is 1.29 bits per heavy atom. The fraction of sp³-hybridized carbons (Fsp3) is 0.632. The Balaban J connectivity index is 1.44. The minimum absolute atomic E-state index is 0.0494. The molecule has 24 heavy (non-hydrogen) atoms. The first-order chi connectivity index (χ1) is 11.6. The van der Waals surface area contributed by atoms with E-state index in [-0.39, 0.29) is 5.91 Å². The molecule has 1 amide bonds. The molecule has 0 aromatic heterocycles. The first-order valence-corrected chi connectivity index (χ1v) is 10.2. The maximum atomic E-state index is 12.4. The highest BCUT2D eigenvalue weighted by atomic mass is 32.2. The van der Waals surface area contributed by atoms with E-state index < -0.39 is 0 Å². The van der Waals surface area contributed by atoms with Gasteiger partial charge in [0.05, 0.1) is 0 Å². The molecule has 0 spiro atoms. The van der Waals surface area contributed by atoms with Gasteiger partial charge in [-0.25, -0.2) is 0 Å². The van der Waals surface area contributed by atoms with Crippen molar-refractivity contribution in [1.82, 2.24) is 10.2 Å². The Kier molecular flexibility index (Phi) is 6.06. The van der Waals surface area contributed by atoms with Gasteiger partial charge in [0.2, 0.25) is 0 Å². The summed E-state index contributed by atoms with van der Waals surface area (Å²) in [6.07, 6.45) is 3.77. The van der Waals surface area contributed by atoms with Crippen molar-refractivity contribution in [3.8, 4) is 0 Å². The van der Waals surface area contributed by atoms with Crippen LogP contribution >= 0.6 is 11.8 Å². The third kappa shape index (κ3) is 4.45. The molecular weight excluding hydrogens is 318 g/mol. The predicted octanol–water partition coefficient (Wildman–Crippen LogP) is 2.70. The summed E-state index contributed by atoms with van der Waals surface area (Å²) in [5, 5.41) is 3.14. The third-order valence-corrected chi connectivity index (χ3v) is 6.39. The molecule has 5 heteroatoms. The molecule has 0 aliphatic carbocycles. The Hall–Kier alpha value is -1.20. The minimum Gasteiger partial charge on any atom is -0.378 e. The standard InChI is InChI=1S/C19H29N3OS/c1-21(2)17-5-3-4-16(12-17)19(23)20-13-15-6-9-22(10-7-15)18-8-11-24-14-18/h3-5,12,15,18H,6-11,13-14H2,1-2H3,(H,20,23)/t18-/m1/s1. The van der Waals surface area contributed by atoms with Crippen LogP contribution in [0.15, 0.2) is 24.3 Å². The maximum absolute atomic E-state index is 12.4. The largest absolute Gasteiger partial charge is 0.378 e. The van der Waals surface area contributed by atoms with E-state index in [1.807, 2.05) is 43.3 Å². The number of amides is 1. The first kappa shape index (κ1) is 17.6. The zero-order valence-electron chi connectivity index (χ0n) is 14.8. The average molecular weight is 348 g/mol. The third-order valence-electron chi connectivity index (χ3n) is 5.25. The second kappa shape index (κ2) is 8.26. The van der Waals surface area contributed by atoms with E-state index in [4.69, 9.17) is 0 Å². The molecule has 0 saturated carbocycles. The lowest BCUT2D eigenvalue weighted by Gasteiger charge is -2.35. The lowest BCUT2D eigenvalue weighted by atomic mass is 9.95. The van der Waals surface area contributed by atoms with Crippen LogP contribution in [0.2, 0.25) is 0 Å². The highest BCUT2D eigenvalue weighted by Crippen LogP contribution is 2.26. The van der Waals surface area contributed by atoms with Gasteiger partial charge in [-0.3, -0.25) is 9.69 Å². The van der Waals surface area contributed by atoms with E-state index in [0.29, 0.717) is 5.92 Å². The number of nitrogens with one attached hydrogen (secondary N) is 1. The molecule has 0 bridgehead atoms. The van der Waals surface area contributed by atoms with Crippen LogP contribution in [0.3, 0.4) is 0 Å². The van der Waals surface area contributed by atoms with Crippen LogP contribution in [-0.4, -0.2) is 62.1 Å². The molecule has 2 aliphatic rings. The number of carbonyl (C=O) groups excluding carboxylic acids is 1.